The number of ether oxygens (including phenoxy) is 1. The molecule has 0 bridgehead atoms. The summed E-state index contributed by atoms with van der Waals surface area (Å²) in [5.41, 5.74) is 3.08. The van der Waals surface area contributed by atoms with Crippen molar-refractivity contribution in [3.8, 4) is 10.6 Å². The maximum atomic E-state index is 12.5. The molecular weight excluding hydrogens is 621 g/mol. The van der Waals surface area contributed by atoms with Gasteiger partial charge in [-0.2, -0.15) is 4.98 Å². The average Bonchev–Trinajstić information content (AvgIpc) is 3.92. The van der Waals surface area contributed by atoms with Gasteiger partial charge in [-0.05, 0) is 70.4 Å². The number of anilines is 2. The van der Waals surface area contributed by atoms with Crippen LogP contribution in [0, 0.1) is 18.8 Å². The van der Waals surface area contributed by atoms with Crippen LogP contribution in [0.25, 0.3) is 20.8 Å². The first kappa shape index (κ1) is 31.4. The number of aryl methyl sites for hydroxylation is 1. The molecule has 3 aromatic heterocycles. The van der Waals surface area contributed by atoms with E-state index in [1.54, 1.807) is 18.3 Å². The monoisotopic (exact) mass is 662 g/mol. The van der Waals surface area contributed by atoms with Gasteiger partial charge in [0.25, 0.3) is 0 Å². The van der Waals surface area contributed by atoms with E-state index in [4.69, 9.17) is 19.7 Å². The summed E-state index contributed by atoms with van der Waals surface area (Å²) in [6.45, 7) is 6.12. The molecule has 244 valence electrons. The lowest BCUT2D eigenvalue weighted by Crippen LogP contribution is -2.49. The number of fused-ring (bicyclic) bond motifs is 1. The maximum Gasteiger partial charge on any atom is 0.225 e. The van der Waals surface area contributed by atoms with Crippen LogP contribution in [0.1, 0.15) is 68.8 Å². The van der Waals surface area contributed by atoms with Crippen molar-refractivity contribution < 1.29 is 18.3 Å². The van der Waals surface area contributed by atoms with Gasteiger partial charge in [0.05, 0.1) is 46.2 Å². The zero-order valence-corrected chi connectivity index (χ0v) is 28.4. The van der Waals surface area contributed by atoms with Crippen LogP contribution in [0.3, 0.4) is 0 Å². The molecule has 10 nitrogen and oxygen atoms in total. The minimum atomic E-state index is -3.34. The maximum absolute atomic E-state index is 12.5. The standard InChI is InChI=1S/C34H42N6O4S2/c1-19(22-10-11-22)36-33-37-20(2)27(32-39-29-25(45-32)14-15-35-28(29)23-12-13-23)31(40-33)38-26-16-24(18-46(4,42)43)30(34(26,3)41)44-17-21-8-6-5-7-9-21/h5-9,14-15,19,22-24,26,30,41H,10-13,16-18H2,1-4H3,(H2,36,37,38,40)/t19-,24-,26-,30-,34+/m1/s1. The van der Waals surface area contributed by atoms with Crippen molar-refractivity contribution in [2.24, 2.45) is 11.8 Å². The van der Waals surface area contributed by atoms with Gasteiger partial charge >= 0.3 is 0 Å². The first-order chi connectivity index (χ1) is 22.0. The Labute approximate surface area is 274 Å². The fraction of sp³-hybridized carbons (Fsp3) is 0.529. The summed E-state index contributed by atoms with van der Waals surface area (Å²) >= 11 is 1.59. The quantitative estimate of drug-likeness (QED) is 0.172. The number of aliphatic hydroxyl groups is 1. The molecule has 0 aliphatic heterocycles. The van der Waals surface area contributed by atoms with Gasteiger partial charge in [0, 0.05) is 30.3 Å². The lowest BCUT2D eigenvalue weighted by molar-refractivity contribution is -0.102. The van der Waals surface area contributed by atoms with Crippen molar-refractivity contribution in [3.63, 3.8) is 0 Å². The average molecular weight is 663 g/mol. The molecule has 5 atom stereocenters. The van der Waals surface area contributed by atoms with Gasteiger partial charge in [0.15, 0.2) is 0 Å². The minimum Gasteiger partial charge on any atom is -0.385 e. The van der Waals surface area contributed by atoms with Crippen molar-refractivity contribution >= 4 is 43.2 Å². The van der Waals surface area contributed by atoms with Crippen molar-refractivity contribution in [1.29, 1.82) is 0 Å². The normalized spacial score (nSPS) is 25.5. The minimum absolute atomic E-state index is 0.0863. The second-order valence-electron chi connectivity index (χ2n) is 13.7. The first-order valence-electron chi connectivity index (χ1n) is 16.2. The molecule has 4 aromatic rings. The summed E-state index contributed by atoms with van der Waals surface area (Å²) in [5.74, 6) is 1.64. The van der Waals surface area contributed by atoms with Gasteiger partial charge in [-0.15, -0.1) is 11.3 Å². The van der Waals surface area contributed by atoms with Crippen LogP contribution in [-0.2, 0) is 21.2 Å². The predicted molar refractivity (Wildman–Crippen MR) is 182 cm³/mol. The third-order valence-corrected chi connectivity index (χ3v) is 11.7. The molecule has 1 aromatic carbocycles. The molecule has 3 saturated carbocycles. The predicted octanol–water partition coefficient (Wildman–Crippen LogP) is 5.73. The zero-order valence-electron chi connectivity index (χ0n) is 26.7. The highest BCUT2D eigenvalue weighted by Crippen LogP contribution is 2.46. The van der Waals surface area contributed by atoms with Crippen molar-refractivity contribution in [1.82, 2.24) is 19.9 Å². The number of hydrogen-bond acceptors (Lipinski definition) is 11. The number of hydrogen-bond donors (Lipinski definition) is 3. The van der Waals surface area contributed by atoms with E-state index in [-0.39, 0.29) is 18.4 Å². The summed E-state index contributed by atoms with van der Waals surface area (Å²) in [7, 11) is -3.34. The Kier molecular flexibility index (Phi) is 8.27. The summed E-state index contributed by atoms with van der Waals surface area (Å²) in [4.78, 5) is 19.6. The fourth-order valence-electron chi connectivity index (χ4n) is 6.87. The number of rotatable bonds is 12. The molecule has 0 unspecified atom stereocenters. The molecule has 7 rings (SSSR count). The fourth-order valence-corrected chi connectivity index (χ4v) is 9.03. The van der Waals surface area contributed by atoms with Gasteiger partial charge in [-0.1, -0.05) is 30.3 Å². The molecule has 3 fully saturated rings. The van der Waals surface area contributed by atoms with E-state index < -0.39 is 33.5 Å². The lowest BCUT2D eigenvalue weighted by Gasteiger charge is -2.33. The largest absolute Gasteiger partial charge is 0.385 e. The van der Waals surface area contributed by atoms with Gasteiger partial charge < -0.3 is 20.5 Å². The van der Waals surface area contributed by atoms with Crippen LogP contribution in [0.15, 0.2) is 42.6 Å². The summed E-state index contributed by atoms with van der Waals surface area (Å²) in [5, 5.41) is 20.0. The molecular formula is C34H42N6O4S2. The SMILES string of the molecule is Cc1nc(N[C@H](C)C2CC2)nc(N[C@@H]2C[C@H](CS(C)(=O)=O)[C@@H](OCc3ccccc3)[C@@]2(C)O)c1-c1nc2c(C3CC3)nccc2s1. The van der Waals surface area contributed by atoms with Crippen LogP contribution >= 0.6 is 11.3 Å². The van der Waals surface area contributed by atoms with E-state index in [1.165, 1.54) is 19.1 Å². The van der Waals surface area contributed by atoms with Crippen LogP contribution in [0.2, 0.25) is 0 Å². The second kappa shape index (κ2) is 12.1. The van der Waals surface area contributed by atoms with Crippen LogP contribution in [0.4, 0.5) is 11.8 Å². The molecule has 3 N–H and O–H groups in total. The van der Waals surface area contributed by atoms with E-state index in [9.17, 15) is 13.5 Å². The van der Waals surface area contributed by atoms with Crippen LogP contribution in [-0.4, -0.2) is 69.3 Å². The van der Waals surface area contributed by atoms with Crippen molar-refractivity contribution in [2.75, 3.05) is 22.6 Å². The van der Waals surface area contributed by atoms with E-state index in [2.05, 4.69) is 22.5 Å². The van der Waals surface area contributed by atoms with Gasteiger partial charge in [-0.25, -0.2) is 18.4 Å². The molecule has 0 radical (unpaired) electrons. The molecule has 0 saturated heterocycles. The number of aromatic nitrogens is 4. The van der Waals surface area contributed by atoms with E-state index >= 15 is 0 Å². The first-order valence-corrected chi connectivity index (χ1v) is 19.1. The summed E-state index contributed by atoms with van der Waals surface area (Å²) in [6, 6.07) is 11.4. The van der Waals surface area contributed by atoms with E-state index in [0.717, 1.165) is 50.6 Å². The summed E-state index contributed by atoms with van der Waals surface area (Å²) in [6.07, 6.45) is 7.41. The number of benzene rings is 1. The second-order valence-corrected chi connectivity index (χ2v) is 16.9. The number of sulfone groups is 1. The van der Waals surface area contributed by atoms with Gasteiger partial charge in [0.1, 0.15) is 31.8 Å². The number of thiazole rings is 1. The Balaban J connectivity index is 1.25. The van der Waals surface area contributed by atoms with E-state index in [1.807, 2.05) is 49.5 Å². The molecule has 3 aliphatic carbocycles. The van der Waals surface area contributed by atoms with Crippen molar-refractivity contribution in [3.05, 3.63) is 59.5 Å². The molecule has 46 heavy (non-hydrogen) atoms. The van der Waals surface area contributed by atoms with Crippen LogP contribution < -0.4 is 10.6 Å². The molecule has 12 heteroatoms. The molecule has 0 amide bonds. The zero-order chi connectivity index (χ0) is 32.2. The Morgan fingerprint density at radius 3 is 2.57 bits per heavy atom. The number of nitrogens with zero attached hydrogens (tertiary/aromatic N) is 4. The Bertz CT molecular complexity index is 1840. The number of pyridine rings is 1. The van der Waals surface area contributed by atoms with Gasteiger partial charge in [0.2, 0.25) is 5.95 Å². The highest BCUT2D eigenvalue weighted by atomic mass is 32.2. The molecule has 0 spiro atoms. The molecule has 3 heterocycles. The lowest BCUT2D eigenvalue weighted by atomic mass is 9.96. The molecule has 3 aliphatic rings. The van der Waals surface area contributed by atoms with Crippen molar-refractivity contribution in [2.45, 2.75) is 89.2 Å². The Morgan fingerprint density at radius 1 is 1.11 bits per heavy atom. The summed E-state index contributed by atoms with van der Waals surface area (Å²) < 4.78 is 32.5. The highest BCUT2D eigenvalue weighted by molar-refractivity contribution is 7.90. The highest BCUT2D eigenvalue weighted by Gasteiger charge is 2.53. The topological polar surface area (TPSA) is 139 Å². The van der Waals surface area contributed by atoms with E-state index in [0.29, 0.717) is 30.0 Å². The Hall–Kier alpha value is -3.19. The third-order valence-electron chi connectivity index (χ3n) is 9.64. The smallest absolute Gasteiger partial charge is 0.225 e. The van der Waals surface area contributed by atoms with Gasteiger partial charge in [-0.3, -0.25) is 4.98 Å². The number of nitrogens with one attached hydrogen (secondary N) is 2. The van der Waals surface area contributed by atoms with Crippen LogP contribution in [0.5, 0.6) is 0 Å². The third kappa shape index (κ3) is 6.62. The Morgan fingerprint density at radius 2 is 1.87 bits per heavy atom.